The first-order chi connectivity index (χ1) is 17.8. The van der Waals surface area contributed by atoms with Crippen LogP contribution in [-0.4, -0.2) is 44.3 Å². The maximum atomic E-state index is 12.4. The molecule has 0 saturated heterocycles. The Morgan fingerprint density at radius 1 is 0.811 bits per heavy atom. The van der Waals surface area contributed by atoms with Gasteiger partial charge in [0, 0.05) is 12.6 Å². The molecule has 1 N–H and O–H groups in total. The van der Waals surface area contributed by atoms with Gasteiger partial charge in [0.05, 0.1) is 51.2 Å². The summed E-state index contributed by atoms with van der Waals surface area (Å²) in [5.74, 6) is 2.40. The fraction of sp³-hybridized carbons (Fsp3) is 0.321. The Morgan fingerprint density at radius 2 is 1.46 bits per heavy atom. The van der Waals surface area contributed by atoms with Crippen molar-refractivity contribution in [2.75, 3.05) is 28.4 Å². The number of amides is 1. The lowest BCUT2D eigenvalue weighted by atomic mass is 10.1. The number of hydrogen-bond donors (Lipinski definition) is 1. The lowest BCUT2D eigenvalue weighted by Gasteiger charge is -2.14. The number of hydrogen-bond acceptors (Lipinski definition) is 8. The van der Waals surface area contributed by atoms with Crippen molar-refractivity contribution in [3.63, 3.8) is 0 Å². The SMILES string of the molecule is COc1cc(CNC(=O)/C=C/c2cc(OC)c(OC)c(OC)c2)ccc1OCc1nc(C)c(C)nc1C. The van der Waals surface area contributed by atoms with Crippen molar-refractivity contribution in [3.8, 4) is 28.7 Å². The second kappa shape index (κ2) is 12.6. The number of ether oxygens (including phenoxy) is 5. The first-order valence-electron chi connectivity index (χ1n) is 11.7. The van der Waals surface area contributed by atoms with E-state index in [1.807, 2.05) is 39.0 Å². The van der Waals surface area contributed by atoms with Gasteiger partial charge in [-0.1, -0.05) is 6.07 Å². The molecule has 0 fully saturated rings. The van der Waals surface area contributed by atoms with Crippen molar-refractivity contribution >= 4 is 12.0 Å². The predicted molar refractivity (Wildman–Crippen MR) is 141 cm³/mol. The highest BCUT2D eigenvalue weighted by Gasteiger charge is 2.13. The molecule has 1 amide bonds. The molecule has 0 radical (unpaired) electrons. The average Bonchev–Trinajstić information content (AvgIpc) is 2.91. The van der Waals surface area contributed by atoms with E-state index in [0.717, 1.165) is 33.9 Å². The van der Waals surface area contributed by atoms with Gasteiger partial charge in [0.15, 0.2) is 23.0 Å². The van der Waals surface area contributed by atoms with E-state index in [0.29, 0.717) is 35.3 Å². The van der Waals surface area contributed by atoms with Gasteiger partial charge in [-0.2, -0.15) is 0 Å². The van der Waals surface area contributed by atoms with Crippen LogP contribution >= 0.6 is 0 Å². The van der Waals surface area contributed by atoms with Gasteiger partial charge >= 0.3 is 0 Å². The van der Waals surface area contributed by atoms with E-state index >= 15 is 0 Å². The molecular formula is C28H33N3O6. The summed E-state index contributed by atoms with van der Waals surface area (Å²) in [7, 11) is 6.20. The van der Waals surface area contributed by atoms with Crippen molar-refractivity contribution in [1.82, 2.24) is 15.3 Å². The van der Waals surface area contributed by atoms with E-state index in [1.54, 1.807) is 39.5 Å². The van der Waals surface area contributed by atoms with Gasteiger partial charge in [-0.25, -0.2) is 0 Å². The number of benzene rings is 2. The lowest BCUT2D eigenvalue weighted by molar-refractivity contribution is -0.116. The molecule has 0 bridgehead atoms. The Kier molecular flexibility index (Phi) is 9.32. The molecule has 196 valence electrons. The zero-order valence-corrected chi connectivity index (χ0v) is 22.3. The van der Waals surface area contributed by atoms with Crippen LogP contribution in [0, 0.1) is 20.8 Å². The van der Waals surface area contributed by atoms with E-state index in [2.05, 4.69) is 15.3 Å². The number of carbonyl (C=O) groups excluding carboxylic acids is 1. The van der Waals surface area contributed by atoms with Crippen LogP contribution in [0.5, 0.6) is 28.7 Å². The predicted octanol–water partition coefficient (Wildman–Crippen LogP) is 4.34. The third kappa shape index (κ3) is 6.91. The molecule has 2 aromatic carbocycles. The zero-order chi connectivity index (χ0) is 26.9. The molecule has 37 heavy (non-hydrogen) atoms. The monoisotopic (exact) mass is 507 g/mol. The first-order valence-corrected chi connectivity index (χ1v) is 11.7. The number of carbonyl (C=O) groups is 1. The maximum absolute atomic E-state index is 12.4. The highest BCUT2D eigenvalue weighted by atomic mass is 16.5. The summed E-state index contributed by atoms with van der Waals surface area (Å²) in [4.78, 5) is 21.5. The largest absolute Gasteiger partial charge is 0.493 e. The molecule has 0 spiro atoms. The smallest absolute Gasteiger partial charge is 0.244 e. The number of methoxy groups -OCH3 is 4. The first kappa shape index (κ1) is 27.3. The number of aryl methyl sites for hydroxylation is 3. The Hall–Kier alpha value is -4.27. The summed E-state index contributed by atoms with van der Waals surface area (Å²) in [6.07, 6.45) is 3.12. The van der Waals surface area contributed by atoms with Crippen LogP contribution in [0.4, 0.5) is 0 Å². The highest BCUT2D eigenvalue weighted by molar-refractivity contribution is 5.91. The fourth-order valence-corrected chi connectivity index (χ4v) is 3.60. The summed E-state index contributed by atoms with van der Waals surface area (Å²) in [5.41, 5.74) is 4.99. The molecule has 1 heterocycles. The van der Waals surface area contributed by atoms with Crippen LogP contribution in [0.15, 0.2) is 36.4 Å². The van der Waals surface area contributed by atoms with E-state index in [9.17, 15) is 4.79 Å². The van der Waals surface area contributed by atoms with Gasteiger partial charge in [0.1, 0.15) is 6.61 Å². The molecule has 1 aromatic heterocycles. The second-order valence-corrected chi connectivity index (χ2v) is 8.21. The van der Waals surface area contributed by atoms with Crippen molar-refractivity contribution in [2.45, 2.75) is 33.9 Å². The fourth-order valence-electron chi connectivity index (χ4n) is 3.60. The van der Waals surface area contributed by atoms with Gasteiger partial charge < -0.3 is 29.0 Å². The molecule has 0 aliphatic carbocycles. The Balaban J connectivity index is 1.63. The summed E-state index contributed by atoms with van der Waals surface area (Å²) >= 11 is 0. The zero-order valence-electron chi connectivity index (χ0n) is 22.3. The van der Waals surface area contributed by atoms with E-state index in [1.165, 1.54) is 13.2 Å². The molecule has 0 aliphatic heterocycles. The third-order valence-electron chi connectivity index (χ3n) is 5.75. The number of nitrogens with zero attached hydrogens (tertiary/aromatic N) is 2. The minimum atomic E-state index is -0.253. The Morgan fingerprint density at radius 3 is 2.08 bits per heavy atom. The van der Waals surface area contributed by atoms with Gasteiger partial charge in [-0.15, -0.1) is 0 Å². The normalized spacial score (nSPS) is 10.8. The molecule has 0 aliphatic rings. The minimum Gasteiger partial charge on any atom is -0.493 e. The second-order valence-electron chi connectivity index (χ2n) is 8.21. The van der Waals surface area contributed by atoms with E-state index in [-0.39, 0.29) is 12.5 Å². The summed E-state index contributed by atoms with van der Waals surface area (Å²) in [6.45, 7) is 6.37. The van der Waals surface area contributed by atoms with Gasteiger partial charge in [0.2, 0.25) is 11.7 Å². The average molecular weight is 508 g/mol. The van der Waals surface area contributed by atoms with Crippen LogP contribution in [-0.2, 0) is 17.9 Å². The summed E-state index contributed by atoms with van der Waals surface area (Å²) in [5, 5.41) is 2.87. The summed E-state index contributed by atoms with van der Waals surface area (Å²) in [6, 6.07) is 9.05. The molecule has 0 atom stereocenters. The minimum absolute atomic E-state index is 0.253. The van der Waals surface area contributed by atoms with Crippen LogP contribution in [0.1, 0.15) is 33.9 Å². The molecular weight excluding hydrogens is 474 g/mol. The lowest BCUT2D eigenvalue weighted by Crippen LogP contribution is -2.20. The van der Waals surface area contributed by atoms with Crippen LogP contribution in [0.25, 0.3) is 6.08 Å². The van der Waals surface area contributed by atoms with Crippen LogP contribution in [0.3, 0.4) is 0 Å². The standard InChI is InChI=1S/C28H33N3O6/c1-17-18(2)31-22(19(3)30-17)16-37-23-10-8-21(14-24(23)33-4)15-29-27(32)11-9-20-12-25(34-5)28(36-7)26(13-20)35-6/h8-14H,15-16H2,1-7H3,(H,29,32)/b11-9+. The van der Waals surface area contributed by atoms with E-state index < -0.39 is 0 Å². The van der Waals surface area contributed by atoms with Crippen molar-refractivity contribution < 1.29 is 28.5 Å². The summed E-state index contributed by atoms with van der Waals surface area (Å²) < 4.78 is 27.5. The van der Waals surface area contributed by atoms with E-state index in [4.69, 9.17) is 23.7 Å². The van der Waals surface area contributed by atoms with Crippen molar-refractivity contribution in [2.24, 2.45) is 0 Å². The number of nitrogens with one attached hydrogen (secondary N) is 1. The Labute approximate surface area is 217 Å². The van der Waals surface area contributed by atoms with Gasteiger partial charge in [-0.05, 0) is 62.2 Å². The highest BCUT2D eigenvalue weighted by Crippen LogP contribution is 2.38. The molecule has 0 saturated carbocycles. The number of rotatable bonds is 11. The van der Waals surface area contributed by atoms with Crippen LogP contribution in [0.2, 0.25) is 0 Å². The molecule has 3 rings (SSSR count). The van der Waals surface area contributed by atoms with Crippen molar-refractivity contribution in [3.05, 3.63) is 70.3 Å². The topological polar surface area (TPSA) is 101 Å². The molecule has 3 aromatic rings. The van der Waals surface area contributed by atoms with Gasteiger partial charge in [-0.3, -0.25) is 14.8 Å². The maximum Gasteiger partial charge on any atom is 0.244 e. The molecule has 9 heteroatoms. The quantitative estimate of drug-likeness (QED) is 0.383. The van der Waals surface area contributed by atoms with Gasteiger partial charge in [0.25, 0.3) is 0 Å². The Bertz CT molecular complexity index is 1260. The molecule has 0 unspecified atom stereocenters. The number of aromatic nitrogens is 2. The van der Waals surface area contributed by atoms with Crippen LogP contribution < -0.4 is 29.0 Å². The van der Waals surface area contributed by atoms with Crippen molar-refractivity contribution in [1.29, 1.82) is 0 Å². The molecule has 9 nitrogen and oxygen atoms in total. The third-order valence-corrected chi connectivity index (χ3v) is 5.75.